The Balaban J connectivity index is 2.19. The first-order chi connectivity index (χ1) is 7.72. The van der Waals surface area contributed by atoms with Gasteiger partial charge in [-0.3, -0.25) is 4.79 Å². The number of ketones is 1. The van der Waals surface area contributed by atoms with E-state index in [2.05, 4.69) is 25.2 Å². The Morgan fingerprint density at radius 2 is 2.25 bits per heavy atom. The number of carbonyl (C=O) groups is 1. The largest absolute Gasteiger partial charge is 0.316 e. The van der Waals surface area contributed by atoms with E-state index in [1.807, 2.05) is 18.2 Å². The molecule has 86 valence electrons. The molecular weight excluding hydrogens is 198 g/mol. The van der Waals surface area contributed by atoms with Gasteiger partial charge in [0.15, 0.2) is 5.78 Å². The van der Waals surface area contributed by atoms with Gasteiger partial charge in [-0.1, -0.05) is 32.0 Å². The lowest BCUT2D eigenvalue weighted by atomic mass is 9.89. The Bertz CT molecular complexity index is 386. The number of rotatable bonds is 3. The number of Topliss-reactive ketones (excluding diaryl/α,β-unsaturated/α-hetero) is 1. The quantitative estimate of drug-likeness (QED) is 0.787. The number of hydrogen-bond donors (Lipinski definition) is 1. The molecule has 1 heterocycles. The monoisotopic (exact) mass is 217 g/mol. The number of carbonyl (C=O) groups excluding carboxylic acids is 1. The third-order valence-electron chi connectivity index (χ3n) is 3.47. The van der Waals surface area contributed by atoms with Crippen LogP contribution in [0, 0.1) is 11.8 Å². The predicted octanol–water partition coefficient (Wildman–Crippen LogP) is 2.29. The maximum absolute atomic E-state index is 12.3. The summed E-state index contributed by atoms with van der Waals surface area (Å²) in [4.78, 5) is 12.3. The van der Waals surface area contributed by atoms with Crippen molar-refractivity contribution in [1.82, 2.24) is 5.32 Å². The van der Waals surface area contributed by atoms with Crippen molar-refractivity contribution >= 4 is 5.78 Å². The molecule has 0 aromatic heterocycles. The van der Waals surface area contributed by atoms with Crippen molar-refractivity contribution in [2.45, 2.75) is 20.3 Å². The summed E-state index contributed by atoms with van der Waals surface area (Å²) in [6, 6.07) is 8.03. The molecule has 2 unspecified atom stereocenters. The lowest BCUT2D eigenvalue weighted by Crippen LogP contribution is -2.21. The Morgan fingerprint density at radius 1 is 1.44 bits per heavy atom. The molecule has 0 amide bonds. The van der Waals surface area contributed by atoms with Crippen molar-refractivity contribution in [1.29, 1.82) is 0 Å². The summed E-state index contributed by atoms with van der Waals surface area (Å²) < 4.78 is 0. The summed E-state index contributed by atoms with van der Waals surface area (Å²) in [5, 5.41) is 3.28. The molecule has 1 N–H and O–H groups in total. The first kappa shape index (κ1) is 11.3. The molecule has 16 heavy (non-hydrogen) atoms. The van der Waals surface area contributed by atoms with Gasteiger partial charge in [-0.05, 0) is 30.5 Å². The van der Waals surface area contributed by atoms with E-state index in [0.29, 0.717) is 11.7 Å². The summed E-state index contributed by atoms with van der Waals surface area (Å²) in [7, 11) is 0. The van der Waals surface area contributed by atoms with E-state index >= 15 is 0 Å². The molecule has 2 atom stereocenters. The first-order valence-corrected chi connectivity index (χ1v) is 6.06. The molecule has 0 bridgehead atoms. The number of hydrogen-bond acceptors (Lipinski definition) is 2. The van der Waals surface area contributed by atoms with Crippen molar-refractivity contribution in [3.8, 4) is 0 Å². The fraction of sp³-hybridized carbons (Fsp3) is 0.500. The second kappa shape index (κ2) is 4.79. The predicted molar refractivity (Wildman–Crippen MR) is 65.7 cm³/mol. The van der Waals surface area contributed by atoms with Crippen LogP contribution < -0.4 is 5.32 Å². The summed E-state index contributed by atoms with van der Waals surface area (Å²) in [5.41, 5.74) is 2.12. The van der Waals surface area contributed by atoms with Crippen LogP contribution in [0.4, 0.5) is 0 Å². The van der Waals surface area contributed by atoms with Gasteiger partial charge >= 0.3 is 0 Å². The molecule has 0 spiro atoms. The first-order valence-electron chi connectivity index (χ1n) is 6.06. The van der Waals surface area contributed by atoms with E-state index in [-0.39, 0.29) is 5.92 Å². The van der Waals surface area contributed by atoms with Gasteiger partial charge in [0.2, 0.25) is 0 Å². The highest BCUT2D eigenvalue weighted by atomic mass is 16.1. The van der Waals surface area contributed by atoms with Gasteiger partial charge in [-0.2, -0.15) is 0 Å². The van der Waals surface area contributed by atoms with Crippen LogP contribution in [-0.2, 0) is 6.42 Å². The Morgan fingerprint density at radius 3 is 2.88 bits per heavy atom. The number of nitrogens with one attached hydrogen (secondary N) is 1. The Kier molecular flexibility index (Phi) is 3.39. The minimum atomic E-state index is 0.159. The van der Waals surface area contributed by atoms with Crippen molar-refractivity contribution < 1.29 is 4.79 Å². The van der Waals surface area contributed by atoms with E-state index < -0.39 is 0 Å². The fourth-order valence-electron chi connectivity index (χ4n) is 2.32. The van der Waals surface area contributed by atoms with Gasteiger partial charge in [0.1, 0.15) is 0 Å². The third-order valence-corrected chi connectivity index (χ3v) is 3.47. The molecule has 1 fully saturated rings. The third kappa shape index (κ3) is 2.17. The number of benzene rings is 1. The smallest absolute Gasteiger partial charge is 0.167 e. The SMILES string of the molecule is CCc1cccc(C(=O)C2CNCC2C)c1. The molecule has 0 radical (unpaired) electrons. The zero-order valence-electron chi connectivity index (χ0n) is 9.99. The summed E-state index contributed by atoms with van der Waals surface area (Å²) >= 11 is 0. The molecule has 1 aliphatic rings. The highest BCUT2D eigenvalue weighted by Gasteiger charge is 2.30. The van der Waals surface area contributed by atoms with Gasteiger partial charge in [-0.15, -0.1) is 0 Å². The molecule has 1 aromatic carbocycles. The second-order valence-corrected chi connectivity index (χ2v) is 4.66. The minimum absolute atomic E-state index is 0.159. The van der Waals surface area contributed by atoms with Gasteiger partial charge in [0, 0.05) is 18.0 Å². The van der Waals surface area contributed by atoms with Crippen LogP contribution in [0.5, 0.6) is 0 Å². The number of aryl methyl sites for hydroxylation is 1. The maximum Gasteiger partial charge on any atom is 0.167 e. The normalized spacial score (nSPS) is 24.6. The Labute approximate surface area is 97.1 Å². The molecule has 1 saturated heterocycles. The standard InChI is InChI=1S/C14H19NO/c1-3-11-5-4-6-12(7-11)14(16)13-9-15-8-10(13)2/h4-7,10,13,15H,3,8-9H2,1-2H3. The lowest BCUT2D eigenvalue weighted by Gasteiger charge is -2.13. The molecule has 0 saturated carbocycles. The molecule has 2 heteroatoms. The van der Waals surface area contributed by atoms with Crippen LogP contribution in [0.2, 0.25) is 0 Å². The molecule has 1 aliphatic heterocycles. The van der Waals surface area contributed by atoms with Crippen LogP contribution in [0.15, 0.2) is 24.3 Å². The lowest BCUT2D eigenvalue weighted by molar-refractivity contribution is 0.0907. The van der Waals surface area contributed by atoms with Gasteiger partial charge in [0.25, 0.3) is 0 Å². The van der Waals surface area contributed by atoms with E-state index in [0.717, 1.165) is 25.1 Å². The van der Waals surface area contributed by atoms with Crippen molar-refractivity contribution in [3.05, 3.63) is 35.4 Å². The van der Waals surface area contributed by atoms with E-state index in [1.54, 1.807) is 0 Å². The minimum Gasteiger partial charge on any atom is -0.316 e. The fourth-order valence-corrected chi connectivity index (χ4v) is 2.32. The highest BCUT2D eigenvalue weighted by molar-refractivity contribution is 5.98. The van der Waals surface area contributed by atoms with Gasteiger partial charge in [-0.25, -0.2) is 0 Å². The summed E-state index contributed by atoms with van der Waals surface area (Å²) in [6.07, 6.45) is 0.986. The topological polar surface area (TPSA) is 29.1 Å². The zero-order chi connectivity index (χ0) is 11.5. The van der Waals surface area contributed by atoms with Crippen molar-refractivity contribution in [2.75, 3.05) is 13.1 Å². The van der Waals surface area contributed by atoms with Crippen LogP contribution in [0.25, 0.3) is 0 Å². The van der Waals surface area contributed by atoms with Crippen molar-refractivity contribution in [3.63, 3.8) is 0 Å². The molecule has 0 aliphatic carbocycles. The van der Waals surface area contributed by atoms with E-state index in [4.69, 9.17) is 0 Å². The van der Waals surface area contributed by atoms with Crippen LogP contribution in [-0.4, -0.2) is 18.9 Å². The molecule has 2 nitrogen and oxygen atoms in total. The highest BCUT2D eigenvalue weighted by Crippen LogP contribution is 2.21. The summed E-state index contributed by atoms with van der Waals surface area (Å²) in [5.74, 6) is 0.915. The molecule has 1 aromatic rings. The van der Waals surface area contributed by atoms with Crippen molar-refractivity contribution in [2.24, 2.45) is 11.8 Å². The average molecular weight is 217 g/mol. The van der Waals surface area contributed by atoms with E-state index in [9.17, 15) is 4.79 Å². The summed E-state index contributed by atoms with van der Waals surface area (Å²) in [6.45, 7) is 6.05. The maximum atomic E-state index is 12.3. The average Bonchev–Trinajstić information content (AvgIpc) is 2.74. The van der Waals surface area contributed by atoms with E-state index in [1.165, 1.54) is 5.56 Å². The van der Waals surface area contributed by atoms with Crippen LogP contribution in [0.3, 0.4) is 0 Å². The molecular formula is C14H19NO. The van der Waals surface area contributed by atoms with Gasteiger partial charge in [0.05, 0.1) is 0 Å². The van der Waals surface area contributed by atoms with Crippen LogP contribution in [0.1, 0.15) is 29.8 Å². The molecule has 2 rings (SSSR count). The Hall–Kier alpha value is -1.15. The van der Waals surface area contributed by atoms with Crippen LogP contribution >= 0.6 is 0 Å². The second-order valence-electron chi connectivity index (χ2n) is 4.66. The van der Waals surface area contributed by atoms with Gasteiger partial charge < -0.3 is 5.32 Å². The zero-order valence-corrected chi connectivity index (χ0v) is 9.99.